The molecule has 6 heteroatoms. The number of nitrogens with one attached hydrogen (secondary N) is 1. The number of rotatable bonds is 4. The number of carbonyl (C=O) groups excluding carboxylic acids is 2. The molecule has 0 aromatic rings. The van der Waals surface area contributed by atoms with E-state index in [4.69, 9.17) is 9.84 Å². The Morgan fingerprint density at radius 1 is 1.31 bits per heavy atom. The third-order valence-electron chi connectivity index (χ3n) is 1.66. The SMILES string of the molecule is CC(C(=O)O)C(=O)CNC(=O)OC(C)(C)C. The number of Topliss-reactive ketones (excluding diaryl/α,β-unsaturated/α-hetero) is 1. The highest BCUT2D eigenvalue weighted by molar-refractivity contribution is 5.99. The molecule has 2 N–H and O–H groups in total. The van der Waals surface area contributed by atoms with E-state index in [0.717, 1.165) is 0 Å². The van der Waals surface area contributed by atoms with Gasteiger partial charge in [-0.25, -0.2) is 4.79 Å². The molecule has 0 aromatic carbocycles. The molecule has 0 aliphatic carbocycles. The van der Waals surface area contributed by atoms with Crippen molar-refractivity contribution in [1.82, 2.24) is 5.32 Å². The minimum Gasteiger partial charge on any atom is -0.481 e. The zero-order valence-corrected chi connectivity index (χ0v) is 9.86. The average molecular weight is 231 g/mol. The zero-order chi connectivity index (χ0) is 12.9. The summed E-state index contributed by atoms with van der Waals surface area (Å²) in [5.41, 5.74) is -0.647. The third kappa shape index (κ3) is 6.00. The molecule has 16 heavy (non-hydrogen) atoms. The normalized spacial score (nSPS) is 12.8. The molecule has 1 atom stereocenters. The summed E-state index contributed by atoms with van der Waals surface area (Å²) < 4.78 is 4.88. The lowest BCUT2D eigenvalue weighted by atomic mass is 10.1. The molecule has 0 heterocycles. The van der Waals surface area contributed by atoms with Crippen LogP contribution in [0.15, 0.2) is 0 Å². The molecular weight excluding hydrogens is 214 g/mol. The van der Waals surface area contributed by atoms with Crippen molar-refractivity contribution >= 4 is 17.8 Å². The smallest absolute Gasteiger partial charge is 0.408 e. The first-order chi connectivity index (χ1) is 7.13. The summed E-state index contributed by atoms with van der Waals surface area (Å²) in [6.07, 6.45) is -0.738. The molecule has 0 fully saturated rings. The number of ether oxygens (including phenoxy) is 1. The van der Waals surface area contributed by atoms with Gasteiger partial charge in [0.25, 0.3) is 0 Å². The van der Waals surface area contributed by atoms with E-state index in [9.17, 15) is 14.4 Å². The number of carbonyl (C=O) groups is 3. The number of amides is 1. The van der Waals surface area contributed by atoms with Gasteiger partial charge >= 0.3 is 12.1 Å². The predicted octanol–water partition coefficient (Wildman–Crippen LogP) is 0.801. The number of alkyl carbamates (subject to hydrolysis) is 1. The molecule has 0 rings (SSSR count). The van der Waals surface area contributed by atoms with Crippen LogP contribution in [0.5, 0.6) is 0 Å². The first kappa shape index (κ1) is 14.4. The van der Waals surface area contributed by atoms with Gasteiger partial charge in [0.1, 0.15) is 11.5 Å². The van der Waals surface area contributed by atoms with Crippen molar-refractivity contribution in [3.63, 3.8) is 0 Å². The number of carboxylic acid groups (broad SMARTS) is 1. The van der Waals surface area contributed by atoms with Gasteiger partial charge in [-0.05, 0) is 27.7 Å². The van der Waals surface area contributed by atoms with E-state index in [-0.39, 0.29) is 6.54 Å². The van der Waals surface area contributed by atoms with Crippen molar-refractivity contribution in [2.75, 3.05) is 6.54 Å². The van der Waals surface area contributed by atoms with Crippen molar-refractivity contribution < 1.29 is 24.2 Å². The van der Waals surface area contributed by atoms with Crippen LogP contribution in [0, 0.1) is 5.92 Å². The number of hydrogen-bond acceptors (Lipinski definition) is 4. The van der Waals surface area contributed by atoms with Gasteiger partial charge in [-0.1, -0.05) is 0 Å². The van der Waals surface area contributed by atoms with Gasteiger partial charge in [0.15, 0.2) is 5.78 Å². The molecule has 92 valence electrons. The Morgan fingerprint density at radius 3 is 2.19 bits per heavy atom. The molecule has 0 saturated heterocycles. The summed E-state index contributed by atoms with van der Waals surface area (Å²) in [6.45, 7) is 5.99. The molecule has 0 radical (unpaired) electrons. The second-order valence-corrected chi connectivity index (χ2v) is 4.38. The average Bonchev–Trinajstić information content (AvgIpc) is 2.09. The lowest BCUT2D eigenvalue weighted by Crippen LogP contribution is -2.38. The molecule has 0 aliphatic rings. The third-order valence-corrected chi connectivity index (χ3v) is 1.66. The van der Waals surface area contributed by atoms with Crippen LogP contribution >= 0.6 is 0 Å². The van der Waals surface area contributed by atoms with Crippen LogP contribution in [0.3, 0.4) is 0 Å². The lowest BCUT2D eigenvalue weighted by Gasteiger charge is -2.19. The van der Waals surface area contributed by atoms with Gasteiger partial charge in [0.2, 0.25) is 0 Å². The van der Waals surface area contributed by atoms with E-state index in [1.807, 2.05) is 0 Å². The Kier molecular flexibility index (Phi) is 4.94. The summed E-state index contributed by atoms with van der Waals surface area (Å²) >= 11 is 0. The van der Waals surface area contributed by atoms with Gasteiger partial charge in [-0.3, -0.25) is 9.59 Å². The summed E-state index contributed by atoms with van der Waals surface area (Å²) in [5.74, 6) is -2.91. The van der Waals surface area contributed by atoms with Crippen LogP contribution in [0.1, 0.15) is 27.7 Å². The summed E-state index contributed by atoms with van der Waals surface area (Å²) in [7, 11) is 0. The monoisotopic (exact) mass is 231 g/mol. The van der Waals surface area contributed by atoms with Gasteiger partial charge in [-0.15, -0.1) is 0 Å². The quantitative estimate of drug-likeness (QED) is 0.698. The van der Waals surface area contributed by atoms with E-state index in [2.05, 4.69) is 5.32 Å². The van der Waals surface area contributed by atoms with E-state index >= 15 is 0 Å². The molecule has 0 aromatic heterocycles. The molecule has 0 saturated carbocycles. The van der Waals surface area contributed by atoms with Crippen LogP contribution in [0.4, 0.5) is 4.79 Å². The second kappa shape index (κ2) is 5.48. The maximum Gasteiger partial charge on any atom is 0.408 e. The van der Waals surface area contributed by atoms with Gasteiger partial charge in [0.05, 0.1) is 6.54 Å². The summed E-state index contributed by atoms with van der Waals surface area (Å²) in [4.78, 5) is 32.8. The maximum atomic E-state index is 11.2. The molecule has 6 nitrogen and oxygen atoms in total. The van der Waals surface area contributed by atoms with E-state index in [1.54, 1.807) is 20.8 Å². The largest absolute Gasteiger partial charge is 0.481 e. The van der Waals surface area contributed by atoms with Crippen LogP contribution in [-0.2, 0) is 14.3 Å². The maximum absolute atomic E-state index is 11.2. The van der Waals surface area contributed by atoms with Gasteiger partial charge in [-0.2, -0.15) is 0 Å². The van der Waals surface area contributed by atoms with Crippen LogP contribution < -0.4 is 5.32 Å². The molecule has 0 aliphatic heterocycles. The fraction of sp³-hybridized carbons (Fsp3) is 0.700. The Bertz CT molecular complexity index is 292. The summed E-state index contributed by atoms with van der Waals surface area (Å²) in [5, 5.41) is 10.7. The minimum atomic E-state index is -1.21. The Balaban J connectivity index is 4.03. The number of aliphatic carboxylic acids is 1. The van der Waals surface area contributed by atoms with Crippen molar-refractivity contribution in [3.8, 4) is 0 Å². The Labute approximate surface area is 94.0 Å². The lowest BCUT2D eigenvalue weighted by molar-refractivity contribution is -0.145. The standard InChI is InChI=1S/C10H17NO5/c1-6(8(13)14)7(12)5-11-9(15)16-10(2,3)4/h6H,5H2,1-4H3,(H,11,15)(H,13,14). The highest BCUT2D eigenvalue weighted by Crippen LogP contribution is 2.06. The molecule has 0 bridgehead atoms. The highest BCUT2D eigenvalue weighted by Gasteiger charge is 2.22. The fourth-order valence-corrected chi connectivity index (χ4v) is 0.764. The van der Waals surface area contributed by atoms with Crippen LogP contribution in [-0.4, -0.2) is 35.1 Å². The number of hydrogen-bond donors (Lipinski definition) is 2. The van der Waals surface area contributed by atoms with Crippen molar-refractivity contribution in [2.24, 2.45) is 5.92 Å². The summed E-state index contributed by atoms with van der Waals surface area (Å²) in [6, 6.07) is 0. The fourth-order valence-electron chi connectivity index (χ4n) is 0.764. The first-order valence-corrected chi connectivity index (χ1v) is 4.86. The Hall–Kier alpha value is -1.59. The molecule has 0 spiro atoms. The predicted molar refractivity (Wildman–Crippen MR) is 56.0 cm³/mol. The second-order valence-electron chi connectivity index (χ2n) is 4.38. The van der Waals surface area contributed by atoms with Crippen molar-refractivity contribution in [3.05, 3.63) is 0 Å². The molecule has 1 unspecified atom stereocenters. The van der Waals surface area contributed by atoms with Crippen molar-refractivity contribution in [2.45, 2.75) is 33.3 Å². The van der Waals surface area contributed by atoms with Gasteiger partial charge < -0.3 is 15.2 Å². The van der Waals surface area contributed by atoms with E-state index in [1.165, 1.54) is 6.92 Å². The van der Waals surface area contributed by atoms with Gasteiger partial charge in [0, 0.05) is 0 Å². The first-order valence-electron chi connectivity index (χ1n) is 4.86. The van der Waals surface area contributed by atoms with Crippen LogP contribution in [0.2, 0.25) is 0 Å². The zero-order valence-electron chi connectivity index (χ0n) is 9.86. The Morgan fingerprint density at radius 2 is 1.81 bits per heavy atom. The number of carboxylic acids is 1. The topological polar surface area (TPSA) is 92.7 Å². The minimum absolute atomic E-state index is 0.345. The number of ketones is 1. The molecule has 1 amide bonds. The van der Waals surface area contributed by atoms with E-state index in [0.29, 0.717) is 0 Å². The van der Waals surface area contributed by atoms with E-state index < -0.39 is 29.4 Å². The van der Waals surface area contributed by atoms with Crippen molar-refractivity contribution in [1.29, 1.82) is 0 Å². The van der Waals surface area contributed by atoms with Crippen LogP contribution in [0.25, 0.3) is 0 Å². The highest BCUT2D eigenvalue weighted by atomic mass is 16.6. The molecular formula is C10H17NO5.